The summed E-state index contributed by atoms with van der Waals surface area (Å²) in [6.07, 6.45) is -5.07. The van der Waals surface area contributed by atoms with Gasteiger partial charge >= 0.3 is 12.2 Å². The zero-order valence-corrected chi connectivity index (χ0v) is 13.8. The molecule has 1 unspecified atom stereocenters. The van der Waals surface area contributed by atoms with Gasteiger partial charge in [-0.2, -0.15) is 13.2 Å². The number of carbonyl (C=O) groups is 2. The number of rotatable bonds is 4. The summed E-state index contributed by atoms with van der Waals surface area (Å²) in [6.45, 7) is 1.72. The minimum Gasteiger partial charge on any atom is -0.331 e. The Kier molecular flexibility index (Phi) is 5.69. The summed E-state index contributed by atoms with van der Waals surface area (Å²) in [5, 5.41) is 4.81. The average Bonchev–Trinajstić information content (AvgIpc) is 2.55. The second-order valence-electron chi connectivity index (χ2n) is 5.25. The number of hydrogen-bond donors (Lipinski definition) is 2. The van der Waals surface area contributed by atoms with Gasteiger partial charge in [0.2, 0.25) is 0 Å². The van der Waals surface area contributed by atoms with Gasteiger partial charge in [0.1, 0.15) is 0 Å². The fourth-order valence-corrected chi connectivity index (χ4v) is 2.32. The number of benzene rings is 2. The van der Waals surface area contributed by atoms with E-state index in [9.17, 15) is 22.8 Å². The first-order valence-corrected chi connectivity index (χ1v) is 7.60. The highest BCUT2D eigenvalue weighted by Crippen LogP contribution is 2.28. The van der Waals surface area contributed by atoms with Crippen LogP contribution in [-0.2, 0) is 0 Å². The van der Waals surface area contributed by atoms with Crippen molar-refractivity contribution in [1.29, 1.82) is 0 Å². The predicted molar refractivity (Wildman–Crippen MR) is 88.8 cm³/mol. The van der Waals surface area contributed by atoms with Crippen molar-refractivity contribution in [2.24, 2.45) is 0 Å². The molecule has 0 radical (unpaired) electrons. The van der Waals surface area contributed by atoms with Crippen molar-refractivity contribution >= 4 is 29.1 Å². The number of nitrogens with one attached hydrogen (secondary N) is 2. The summed E-state index contributed by atoms with van der Waals surface area (Å²) >= 11 is 5.66. The van der Waals surface area contributed by atoms with E-state index in [4.69, 9.17) is 11.6 Å². The Balaban J connectivity index is 2.17. The van der Waals surface area contributed by atoms with Gasteiger partial charge in [0.15, 0.2) is 0 Å². The molecular formula is C17H14ClF3N2O2. The molecule has 0 fully saturated rings. The Morgan fingerprint density at radius 1 is 1.08 bits per heavy atom. The zero-order chi connectivity index (χ0) is 18.6. The number of urea groups is 1. The lowest BCUT2D eigenvalue weighted by molar-refractivity contribution is -0.0884. The monoisotopic (exact) mass is 370 g/mol. The van der Waals surface area contributed by atoms with Gasteiger partial charge in [-0.1, -0.05) is 41.9 Å². The second kappa shape index (κ2) is 7.57. The summed E-state index contributed by atoms with van der Waals surface area (Å²) in [4.78, 5) is 23.6. The Morgan fingerprint density at radius 2 is 1.72 bits per heavy atom. The molecule has 2 aromatic carbocycles. The number of carbonyl (C=O) groups excluding carboxylic acids is 2. The molecule has 8 heteroatoms. The van der Waals surface area contributed by atoms with E-state index in [-0.39, 0.29) is 16.8 Å². The number of Topliss-reactive ketones (excluding diaryl/α,β-unsaturated/α-hetero) is 1. The fourth-order valence-electron chi connectivity index (χ4n) is 2.15. The third kappa shape index (κ3) is 4.96. The molecule has 0 heterocycles. The normalized spacial score (nSPS) is 12.4. The molecule has 0 aromatic heterocycles. The van der Waals surface area contributed by atoms with E-state index in [1.54, 1.807) is 31.2 Å². The largest absolute Gasteiger partial charge is 0.454 e. The number of hydrogen-bond acceptors (Lipinski definition) is 2. The average molecular weight is 371 g/mol. The molecule has 2 rings (SSSR count). The molecule has 0 aliphatic carbocycles. The molecule has 132 valence electrons. The van der Waals surface area contributed by atoms with Crippen molar-refractivity contribution in [3.05, 3.63) is 64.7 Å². The highest BCUT2D eigenvalue weighted by molar-refractivity contribution is 6.31. The molecule has 0 bridgehead atoms. The topological polar surface area (TPSA) is 58.2 Å². The summed E-state index contributed by atoms with van der Waals surface area (Å²) in [7, 11) is 0. The minimum atomic E-state index is -5.07. The van der Waals surface area contributed by atoms with E-state index in [1.165, 1.54) is 6.07 Å². The van der Waals surface area contributed by atoms with Crippen molar-refractivity contribution < 1.29 is 22.8 Å². The van der Waals surface area contributed by atoms with Crippen LogP contribution in [0.5, 0.6) is 0 Å². The Morgan fingerprint density at radius 3 is 2.32 bits per heavy atom. The van der Waals surface area contributed by atoms with Gasteiger partial charge in [0, 0.05) is 5.02 Å². The molecule has 0 aliphatic rings. The van der Waals surface area contributed by atoms with Gasteiger partial charge in [-0.05, 0) is 30.7 Å². The van der Waals surface area contributed by atoms with Gasteiger partial charge in [-0.15, -0.1) is 0 Å². The van der Waals surface area contributed by atoms with Crippen molar-refractivity contribution in [3.8, 4) is 0 Å². The second-order valence-corrected chi connectivity index (χ2v) is 5.68. The molecule has 25 heavy (non-hydrogen) atoms. The van der Waals surface area contributed by atoms with Crippen molar-refractivity contribution in [1.82, 2.24) is 5.32 Å². The predicted octanol–water partition coefficient (Wildman–Crippen LogP) is 4.97. The minimum absolute atomic E-state index is 0.0452. The Bertz CT molecular complexity index is 779. The lowest BCUT2D eigenvalue weighted by Crippen LogP contribution is -2.32. The fraction of sp³-hybridized carbons (Fsp3) is 0.176. The maximum atomic E-state index is 12.7. The smallest absolute Gasteiger partial charge is 0.331 e. The molecule has 0 spiro atoms. The van der Waals surface area contributed by atoms with Crippen LogP contribution in [0.25, 0.3) is 0 Å². The molecule has 0 saturated carbocycles. The highest BCUT2D eigenvalue weighted by atomic mass is 35.5. The first-order valence-electron chi connectivity index (χ1n) is 7.22. The maximum absolute atomic E-state index is 12.7. The van der Waals surface area contributed by atoms with Gasteiger partial charge in [-0.25, -0.2) is 4.79 Å². The molecule has 0 aliphatic heterocycles. The van der Waals surface area contributed by atoms with E-state index in [0.717, 1.165) is 17.7 Å². The Hall–Kier alpha value is -2.54. The summed E-state index contributed by atoms with van der Waals surface area (Å²) < 4.78 is 38.1. The molecule has 2 N–H and O–H groups in total. The molecule has 2 aromatic rings. The third-order valence-electron chi connectivity index (χ3n) is 3.38. The van der Waals surface area contributed by atoms with E-state index in [0.29, 0.717) is 0 Å². The van der Waals surface area contributed by atoms with Crippen molar-refractivity contribution in [3.63, 3.8) is 0 Å². The van der Waals surface area contributed by atoms with Crippen LogP contribution < -0.4 is 10.6 Å². The van der Waals surface area contributed by atoms with Gasteiger partial charge in [0.05, 0.1) is 17.3 Å². The number of ketones is 1. The van der Waals surface area contributed by atoms with Crippen LogP contribution in [0.1, 0.15) is 28.9 Å². The number of alkyl halides is 3. The molecule has 4 nitrogen and oxygen atoms in total. The molecule has 2 amide bonds. The lowest BCUT2D eigenvalue weighted by atomic mass is 10.1. The van der Waals surface area contributed by atoms with E-state index < -0.39 is 23.6 Å². The summed E-state index contributed by atoms with van der Waals surface area (Å²) in [6, 6.07) is 11.2. The van der Waals surface area contributed by atoms with Crippen LogP contribution in [0.2, 0.25) is 5.02 Å². The van der Waals surface area contributed by atoms with Gasteiger partial charge < -0.3 is 10.6 Å². The van der Waals surface area contributed by atoms with Crippen LogP contribution in [0, 0.1) is 0 Å². The molecular weight excluding hydrogens is 357 g/mol. The first kappa shape index (κ1) is 18.8. The number of anilines is 1. The summed E-state index contributed by atoms with van der Waals surface area (Å²) in [5.74, 6) is -2.08. The quantitative estimate of drug-likeness (QED) is 0.747. The van der Waals surface area contributed by atoms with Gasteiger partial charge in [-0.3, -0.25) is 4.79 Å². The standard InChI is InChI=1S/C17H14ClF3N2O2/c1-10(11-5-3-2-4-6-11)22-16(25)23-14-8-7-12(18)9-13(14)15(24)17(19,20)21/h2-10H,1H3,(H2,22,23,25). The lowest BCUT2D eigenvalue weighted by Gasteiger charge is -2.17. The summed E-state index contributed by atoms with van der Waals surface area (Å²) in [5.41, 5.74) is -0.174. The molecule has 0 saturated heterocycles. The first-order chi connectivity index (χ1) is 11.7. The van der Waals surface area contributed by atoms with E-state index in [2.05, 4.69) is 10.6 Å². The van der Waals surface area contributed by atoms with Crippen LogP contribution in [0.3, 0.4) is 0 Å². The number of halogens is 4. The van der Waals surface area contributed by atoms with Crippen molar-refractivity contribution in [2.45, 2.75) is 19.1 Å². The Labute approximate surface area is 147 Å². The van der Waals surface area contributed by atoms with Crippen LogP contribution in [0.4, 0.5) is 23.7 Å². The highest BCUT2D eigenvalue weighted by Gasteiger charge is 2.40. The maximum Gasteiger partial charge on any atom is 0.454 e. The number of amides is 2. The van der Waals surface area contributed by atoms with E-state index in [1.807, 2.05) is 6.07 Å². The van der Waals surface area contributed by atoms with Gasteiger partial charge in [0.25, 0.3) is 5.78 Å². The van der Waals surface area contributed by atoms with E-state index >= 15 is 0 Å². The SMILES string of the molecule is CC(NC(=O)Nc1ccc(Cl)cc1C(=O)C(F)(F)F)c1ccccc1. The van der Waals surface area contributed by atoms with Crippen LogP contribution in [0.15, 0.2) is 48.5 Å². The van der Waals surface area contributed by atoms with Crippen LogP contribution in [-0.4, -0.2) is 18.0 Å². The van der Waals surface area contributed by atoms with Crippen molar-refractivity contribution in [2.75, 3.05) is 5.32 Å². The van der Waals surface area contributed by atoms with Crippen LogP contribution >= 0.6 is 11.6 Å². The zero-order valence-electron chi connectivity index (χ0n) is 13.0. The molecule has 1 atom stereocenters. The third-order valence-corrected chi connectivity index (χ3v) is 3.61.